The Morgan fingerprint density at radius 1 is 1.08 bits per heavy atom. The van der Waals surface area contributed by atoms with Gasteiger partial charge >= 0.3 is 6.18 Å². The van der Waals surface area contributed by atoms with Crippen molar-refractivity contribution in [3.05, 3.63) is 59.7 Å². The second-order valence-corrected chi connectivity index (χ2v) is 7.60. The van der Waals surface area contributed by atoms with Gasteiger partial charge in [-0.05, 0) is 31.2 Å². The molecule has 9 heteroatoms. The van der Waals surface area contributed by atoms with Gasteiger partial charge in [0.25, 0.3) is 0 Å². The molecule has 0 aliphatic carbocycles. The highest BCUT2D eigenvalue weighted by Gasteiger charge is 2.33. The van der Waals surface area contributed by atoms with Crippen molar-refractivity contribution in [2.24, 2.45) is 0 Å². The van der Waals surface area contributed by atoms with Gasteiger partial charge in [-0.1, -0.05) is 29.8 Å². The normalized spacial score (nSPS) is 11.9. The zero-order valence-electron chi connectivity index (χ0n) is 14.0. The Morgan fingerprint density at radius 2 is 1.65 bits per heavy atom. The monoisotopic (exact) mass is 386 g/mol. The lowest BCUT2D eigenvalue weighted by atomic mass is 10.1. The fourth-order valence-corrected chi connectivity index (χ4v) is 3.13. The first-order valence-corrected chi connectivity index (χ1v) is 9.34. The molecule has 0 aliphatic heterocycles. The summed E-state index contributed by atoms with van der Waals surface area (Å²) >= 11 is 0. The van der Waals surface area contributed by atoms with Gasteiger partial charge in [0.1, 0.15) is 6.54 Å². The maximum atomic E-state index is 13.0. The molecule has 140 valence electrons. The van der Waals surface area contributed by atoms with Crippen LogP contribution in [0, 0.1) is 6.92 Å². The molecule has 0 unspecified atom stereocenters. The number of nitrogens with zero attached hydrogens (tertiary/aromatic N) is 1. The van der Waals surface area contributed by atoms with E-state index in [-0.39, 0.29) is 5.69 Å². The standard InChI is InChI=1S/C17H17F3N2O3S/c1-12-7-9-13(10-8-12)22(26(2,24)25)11-16(23)21-15-6-4-3-5-14(15)17(18,19)20/h3-10H,11H2,1-2H3,(H,21,23). The maximum Gasteiger partial charge on any atom is 0.418 e. The Kier molecular flexibility index (Phi) is 5.60. The van der Waals surface area contributed by atoms with E-state index in [1.807, 2.05) is 6.92 Å². The van der Waals surface area contributed by atoms with Crippen LogP contribution in [-0.2, 0) is 21.0 Å². The second kappa shape index (κ2) is 7.36. The van der Waals surface area contributed by atoms with E-state index in [0.717, 1.165) is 28.3 Å². The number of hydrogen-bond donors (Lipinski definition) is 1. The molecule has 2 aromatic carbocycles. The van der Waals surface area contributed by atoms with E-state index in [2.05, 4.69) is 5.32 Å². The number of para-hydroxylation sites is 1. The van der Waals surface area contributed by atoms with E-state index in [0.29, 0.717) is 0 Å². The molecule has 0 fully saturated rings. The van der Waals surface area contributed by atoms with Gasteiger partial charge in [0.05, 0.1) is 23.2 Å². The van der Waals surface area contributed by atoms with Gasteiger partial charge in [0.2, 0.25) is 15.9 Å². The van der Waals surface area contributed by atoms with Crippen molar-refractivity contribution in [3.63, 3.8) is 0 Å². The van der Waals surface area contributed by atoms with Gasteiger partial charge in [0.15, 0.2) is 0 Å². The Morgan fingerprint density at radius 3 is 2.19 bits per heavy atom. The number of benzene rings is 2. The van der Waals surface area contributed by atoms with Crippen molar-refractivity contribution < 1.29 is 26.4 Å². The number of amides is 1. The van der Waals surface area contributed by atoms with Crippen LogP contribution in [0.15, 0.2) is 48.5 Å². The predicted molar refractivity (Wildman–Crippen MR) is 93.4 cm³/mol. The summed E-state index contributed by atoms with van der Waals surface area (Å²) in [6.45, 7) is 1.17. The molecular weight excluding hydrogens is 369 g/mol. The molecule has 0 bridgehead atoms. The van der Waals surface area contributed by atoms with E-state index < -0.39 is 39.9 Å². The van der Waals surface area contributed by atoms with Crippen LogP contribution in [0.5, 0.6) is 0 Å². The number of aryl methyl sites for hydroxylation is 1. The maximum absolute atomic E-state index is 13.0. The Balaban J connectivity index is 2.26. The number of anilines is 2. The Bertz CT molecular complexity index is 894. The smallest absolute Gasteiger partial charge is 0.324 e. The van der Waals surface area contributed by atoms with Crippen LogP contribution in [0.1, 0.15) is 11.1 Å². The van der Waals surface area contributed by atoms with Crippen molar-refractivity contribution in [1.82, 2.24) is 0 Å². The van der Waals surface area contributed by atoms with E-state index in [9.17, 15) is 26.4 Å². The van der Waals surface area contributed by atoms with Crippen LogP contribution in [0.3, 0.4) is 0 Å². The topological polar surface area (TPSA) is 66.5 Å². The van der Waals surface area contributed by atoms with Gasteiger partial charge in [-0.2, -0.15) is 13.2 Å². The average Bonchev–Trinajstić information content (AvgIpc) is 2.52. The van der Waals surface area contributed by atoms with Gasteiger partial charge in [0, 0.05) is 0 Å². The average molecular weight is 386 g/mol. The lowest BCUT2D eigenvalue weighted by molar-refractivity contribution is -0.137. The SMILES string of the molecule is Cc1ccc(N(CC(=O)Nc2ccccc2C(F)(F)F)S(C)(=O)=O)cc1. The van der Waals surface area contributed by atoms with Gasteiger partial charge in [-0.25, -0.2) is 8.42 Å². The van der Waals surface area contributed by atoms with Crippen LogP contribution in [0.4, 0.5) is 24.5 Å². The van der Waals surface area contributed by atoms with Gasteiger partial charge in [-0.3, -0.25) is 9.10 Å². The third-order valence-corrected chi connectivity index (χ3v) is 4.66. The summed E-state index contributed by atoms with van der Waals surface area (Å²) in [5.74, 6) is -0.882. The molecule has 0 heterocycles. The molecule has 5 nitrogen and oxygen atoms in total. The summed E-state index contributed by atoms with van der Waals surface area (Å²) in [6, 6.07) is 10.9. The highest BCUT2D eigenvalue weighted by atomic mass is 32.2. The molecule has 0 atom stereocenters. The summed E-state index contributed by atoms with van der Waals surface area (Å²) < 4.78 is 63.8. The molecule has 0 aliphatic rings. The van der Waals surface area contributed by atoms with Crippen molar-refractivity contribution in [2.45, 2.75) is 13.1 Å². The Hall–Kier alpha value is -2.55. The third kappa shape index (κ3) is 4.98. The number of hydrogen-bond acceptors (Lipinski definition) is 3. The van der Waals surface area contributed by atoms with E-state index >= 15 is 0 Å². The summed E-state index contributed by atoms with van der Waals surface area (Å²) in [6.07, 6.45) is -3.72. The molecule has 0 saturated carbocycles. The first-order valence-electron chi connectivity index (χ1n) is 7.49. The van der Waals surface area contributed by atoms with Crippen molar-refractivity contribution >= 4 is 27.3 Å². The van der Waals surface area contributed by atoms with Gasteiger partial charge < -0.3 is 5.32 Å². The predicted octanol–water partition coefficient (Wildman–Crippen LogP) is 3.42. The minimum Gasteiger partial charge on any atom is -0.324 e. The van der Waals surface area contributed by atoms with E-state index in [1.165, 1.54) is 24.3 Å². The highest BCUT2D eigenvalue weighted by Crippen LogP contribution is 2.34. The first kappa shape index (κ1) is 19.8. The number of halogens is 3. The van der Waals surface area contributed by atoms with Crippen LogP contribution in [0.25, 0.3) is 0 Å². The molecular formula is C17H17F3N2O3S. The molecule has 0 aromatic heterocycles. The molecule has 2 aromatic rings. The summed E-state index contributed by atoms with van der Waals surface area (Å²) in [5, 5.41) is 2.14. The Labute approximate surface area is 149 Å². The fraction of sp³-hybridized carbons (Fsp3) is 0.235. The minimum absolute atomic E-state index is 0.248. The van der Waals surface area contributed by atoms with Crippen LogP contribution in [0.2, 0.25) is 0 Å². The number of alkyl halides is 3. The lowest BCUT2D eigenvalue weighted by Crippen LogP contribution is -2.37. The number of carbonyl (C=O) groups is 1. The first-order chi connectivity index (χ1) is 12.0. The van der Waals surface area contributed by atoms with Crippen LogP contribution < -0.4 is 9.62 Å². The minimum atomic E-state index is -4.64. The zero-order valence-corrected chi connectivity index (χ0v) is 14.9. The largest absolute Gasteiger partial charge is 0.418 e. The summed E-state index contributed by atoms with van der Waals surface area (Å²) in [7, 11) is -3.81. The zero-order chi connectivity index (χ0) is 19.5. The number of carbonyl (C=O) groups excluding carboxylic acids is 1. The summed E-state index contributed by atoms with van der Waals surface area (Å²) in [5.41, 5.74) is -0.292. The van der Waals surface area contributed by atoms with E-state index in [1.54, 1.807) is 12.1 Å². The molecule has 2 rings (SSSR count). The molecule has 1 amide bonds. The summed E-state index contributed by atoms with van der Waals surface area (Å²) in [4.78, 5) is 12.2. The molecule has 26 heavy (non-hydrogen) atoms. The second-order valence-electron chi connectivity index (χ2n) is 5.70. The fourth-order valence-electron chi connectivity index (χ4n) is 2.27. The molecule has 1 N–H and O–H groups in total. The number of sulfonamides is 1. The molecule has 0 spiro atoms. The third-order valence-electron chi connectivity index (χ3n) is 3.52. The van der Waals surface area contributed by atoms with Gasteiger partial charge in [-0.15, -0.1) is 0 Å². The lowest BCUT2D eigenvalue weighted by Gasteiger charge is -2.22. The number of nitrogens with one attached hydrogen (secondary N) is 1. The molecule has 0 radical (unpaired) electrons. The van der Waals surface area contributed by atoms with E-state index in [4.69, 9.17) is 0 Å². The highest BCUT2D eigenvalue weighted by molar-refractivity contribution is 7.92. The van der Waals surface area contributed by atoms with Crippen LogP contribution in [-0.4, -0.2) is 27.1 Å². The van der Waals surface area contributed by atoms with Crippen molar-refractivity contribution in [3.8, 4) is 0 Å². The molecule has 0 saturated heterocycles. The quantitative estimate of drug-likeness (QED) is 0.856. The van der Waals surface area contributed by atoms with Crippen molar-refractivity contribution in [1.29, 1.82) is 0 Å². The van der Waals surface area contributed by atoms with Crippen LogP contribution >= 0.6 is 0 Å². The van der Waals surface area contributed by atoms with Crippen molar-refractivity contribution in [2.75, 3.05) is 22.4 Å². The number of rotatable bonds is 5.